The van der Waals surface area contributed by atoms with Crippen LogP contribution in [0.1, 0.15) is 29.4 Å². The average Bonchev–Trinajstić information content (AvgIpc) is 2.82. The maximum atomic E-state index is 11.2. The van der Waals surface area contributed by atoms with Crippen LogP contribution < -0.4 is 4.74 Å². The fourth-order valence-electron chi connectivity index (χ4n) is 2.16. The lowest BCUT2D eigenvalue weighted by molar-refractivity contribution is -0.137. The van der Waals surface area contributed by atoms with Gasteiger partial charge in [-0.25, -0.2) is 4.98 Å². The van der Waals surface area contributed by atoms with E-state index in [2.05, 4.69) is 25.9 Å². The number of carboxylic acids is 1. The van der Waals surface area contributed by atoms with Gasteiger partial charge in [0.2, 0.25) is 0 Å². The van der Waals surface area contributed by atoms with Crippen LogP contribution in [0.15, 0.2) is 28.9 Å². The van der Waals surface area contributed by atoms with Crippen molar-refractivity contribution in [3.8, 4) is 5.75 Å². The predicted octanol–water partition coefficient (Wildman–Crippen LogP) is 3.10. The summed E-state index contributed by atoms with van der Waals surface area (Å²) in [6, 6.07) is 5.55. The Morgan fingerprint density at radius 1 is 1.55 bits per heavy atom. The first-order valence-electron chi connectivity index (χ1n) is 6.08. The average molecular weight is 339 g/mol. The Kier molecular flexibility index (Phi) is 4.44. The zero-order valence-electron chi connectivity index (χ0n) is 11.2. The summed E-state index contributed by atoms with van der Waals surface area (Å²) < 4.78 is 6.22. The fourth-order valence-corrected chi connectivity index (χ4v) is 2.54. The Labute approximate surface area is 125 Å². The predicted molar refractivity (Wildman–Crippen MR) is 78.1 cm³/mol. The fraction of sp³-hybridized carbons (Fsp3) is 0.286. The van der Waals surface area contributed by atoms with Gasteiger partial charge < -0.3 is 14.8 Å². The van der Waals surface area contributed by atoms with E-state index >= 15 is 0 Å². The number of H-pyrrole nitrogens is 1. The molecule has 2 rings (SSSR count). The zero-order chi connectivity index (χ0) is 14.7. The number of aliphatic carboxylic acids is 1. The van der Waals surface area contributed by atoms with Crippen LogP contribution in [0.25, 0.3) is 0 Å². The highest BCUT2D eigenvalue weighted by molar-refractivity contribution is 9.10. The largest absolute Gasteiger partial charge is 0.496 e. The Balaban J connectivity index is 2.51. The van der Waals surface area contributed by atoms with E-state index in [0.717, 1.165) is 21.6 Å². The molecular weight excluding hydrogens is 324 g/mol. The number of aromatic amines is 1. The third-order valence-electron chi connectivity index (χ3n) is 3.04. The van der Waals surface area contributed by atoms with Gasteiger partial charge in [0.25, 0.3) is 0 Å². The summed E-state index contributed by atoms with van der Waals surface area (Å²) in [5.74, 6) is 0.210. The molecule has 2 N–H and O–H groups in total. The van der Waals surface area contributed by atoms with Crippen LogP contribution in [0.5, 0.6) is 5.75 Å². The van der Waals surface area contributed by atoms with Gasteiger partial charge in [-0.1, -0.05) is 15.9 Å². The lowest BCUT2D eigenvalue weighted by atomic mass is 9.92. The number of hydrogen-bond donors (Lipinski definition) is 2. The number of benzene rings is 1. The molecule has 0 aliphatic rings. The van der Waals surface area contributed by atoms with Crippen LogP contribution in [0.4, 0.5) is 0 Å². The minimum Gasteiger partial charge on any atom is -0.496 e. The summed E-state index contributed by atoms with van der Waals surface area (Å²) in [6.07, 6.45) is 1.64. The van der Waals surface area contributed by atoms with Gasteiger partial charge in [0.05, 0.1) is 13.5 Å². The maximum absolute atomic E-state index is 11.2. The monoisotopic (exact) mass is 338 g/mol. The van der Waals surface area contributed by atoms with E-state index in [1.54, 1.807) is 13.3 Å². The molecule has 1 aromatic carbocycles. The van der Waals surface area contributed by atoms with Gasteiger partial charge in [-0.3, -0.25) is 4.79 Å². The number of halogens is 1. The van der Waals surface area contributed by atoms with E-state index in [1.807, 2.05) is 25.1 Å². The Hall–Kier alpha value is -1.82. The van der Waals surface area contributed by atoms with Crippen molar-refractivity contribution in [3.05, 3.63) is 46.0 Å². The second-order valence-electron chi connectivity index (χ2n) is 4.46. The number of aryl methyl sites for hydroxylation is 1. The summed E-state index contributed by atoms with van der Waals surface area (Å²) in [5, 5.41) is 9.16. The van der Waals surface area contributed by atoms with Gasteiger partial charge in [-0.2, -0.15) is 0 Å². The third-order valence-corrected chi connectivity index (χ3v) is 3.54. The topological polar surface area (TPSA) is 75.2 Å². The first-order valence-corrected chi connectivity index (χ1v) is 6.87. The molecule has 5 nitrogen and oxygen atoms in total. The molecular formula is C14H15BrN2O3. The lowest BCUT2D eigenvalue weighted by Crippen LogP contribution is -2.10. The van der Waals surface area contributed by atoms with Crippen LogP contribution >= 0.6 is 15.9 Å². The van der Waals surface area contributed by atoms with Crippen LogP contribution in [0.3, 0.4) is 0 Å². The third kappa shape index (κ3) is 3.19. The molecule has 0 saturated heterocycles. The molecule has 106 valence electrons. The van der Waals surface area contributed by atoms with Gasteiger partial charge in [0, 0.05) is 27.8 Å². The molecule has 0 radical (unpaired) electrons. The molecule has 0 aliphatic carbocycles. The molecule has 0 spiro atoms. The smallest absolute Gasteiger partial charge is 0.304 e. The number of aromatic nitrogens is 2. The number of rotatable bonds is 5. The number of carboxylic acid groups (broad SMARTS) is 1. The first-order chi connectivity index (χ1) is 9.51. The quantitative estimate of drug-likeness (QED) is 0.878. The number of methoxy groups -OCH3 is 1. The molecule has 0 fully saturated rings. The van der Waals surface area contributed by atoms with E-state index < -0.39 is 5.97 Å². The van der Waals surface area contributed by atoms with Gasteiger partial charge in [0.1, 0.15) is 11.6 Å². The van der Waals surface area contributed by atoms with Crippen molar-refractivity contribution in [2.45, 2.75) is 19.3 Å². The van der Waals surface area contributed by atoms with E-state index in [0.29, 0.717) is 5.75 Å². The minimum absolute atomic E-state index is 0.0333. The van der Waals surface area contributed by atoms with Crippen LogP contribution in [0, 0.1) is 6.92 Å². The standard InChI is InChI=1S/C14H15BrN2O3/c1-8-16-7-12(17-8)10(6-14(18)19)11-5-9(15)3-4-13(11)20-2/h3-5,7,10H,6H2,1-2H3,(H,16,17)(H,18,19). The molecule has 0 amide bonds. The molecule has 1 heterocycles. The second kappa shape index (κ2) is 6.09. The zero-order valence-corrected chi connectivity index (χ0v) is 12.8. The lowest BCUT2D eigenvalue weighted by Gasteiger charge is -2.17. The molecule has 20 heavy (non-hydrogen) atoms. The van der Waals surface area contributed by atoms with Crippen molar-refractivity contribution < 1.29 is 14.6 Å². The molecule has 0 aliphatic heterocycles. The van der Waals surface area contributed by atoms with Gasteiger partial charge >= 0.3 is 5.97 Å². The summed E-state index contributed by atoms with van der Waals surface area (Å²) in [7, 11) is 1.57. The van der Waals surface area contributed by atoms with Gasteiger partial charge in [-0.15, -0.1) is 0 Å². The highest BCUT2D eigenvalue weighted by atomic mass is 79.9. The minimum atomic E-state index is -0.871. The van der Waals surface area contributed by atoms with E-state index in [9.17, 15) is 4.79 Å². The van der Waals surface area contributed by atoms with E-state index in [1.165, 1.54) is 0 Å². The number of nitrogens with one attached hydrogen (secondary N) is 1. The van der Waals surface area contributed by atoms with Crippen molar-refractivity contribution in [2.75, 3.05) is 7.11 Å². The molecule has 1 unspecified atom stereocenters. The molecule has 1 atom stereocenters. The van der Waals surface area contributed by atoms with Crippen molar-refractivity contribution in [3.63, 3.8) is 0 Å². The number of nitrogens with zero attached hydrogens (tertiary/aromatic N) is 1. The molecule has 0 saturated carbocycles. The van der Waals surface area contributed by atoms with Gasteiger partial charge in [-0.05, 0) is 25.1 Å². The Bertz CT molecular complexity index is 625. The number of imidazole rings is 1. The van der Waals surface area contributed by atoms with Crippen LogP contribution in [-0.2, 0) is 4.79 Å². The SMILES string of the molecule is COc1ccc(Br)cc1C(CC(=O)O)c1cnc(C)[nH]1. The number of carbonyl (C=O) groups is 1. The second-order valence-corrected chi connectivity index (χ2v) is 5.38. The molecule has 6 heteroatoms. The van der Waals surface area contributed by atoms with Crippen molar-refractivity contribution >= 4 is 21.9 Å². The van der Waals surface area contributed by atoms with E-state index in [4.69, 9.17) is 9.84 Å². The Morgan fingerprint density at radius 2 is 2.30 bits per heavy atom. The normalized spacial score (nSPS) is 12.2. The number of hydrogen-bond acceptors (Lipinski definition) is 3. The van der Waals surface area contributed by atoms with Crippen molar-refractivity contribution in [2.24, 2.45) is 0 Å². The van der Waals surface area contributed by atoms with Crippen molar-refractivity contribution in [1.82, 2.24) is 9.97 Å². The summed E-state index contributed by atoms with van der Waals surface area (Å²) in [5.41, 5.74) is 1.58. The van der Waals surface area contributed by atoms with E-state index in [-0.39, 0.29) is 12.3 Å². The summed E-state index contributed by atoms with van der Waals surface area (Å²) in [6.45, 7) is 1.83. The van der Waals surface area contributed by atoms with Crippen LogP contribution in [-0.4, -0.2) is 28.2 Å². The van der Waals surface area contributed by atoms with Gasteiger partial charge in [0.15, 0.2) is 0 Å². The molecule has 0 bridgehead atoms. The molecule has 2 aromatic rings. The Morgan fingerprint density at radius 3 is 2.85 bits per heavy atom. The number of ether oxygens (including phenoxy) is 1. The highest BCUT2D eigenvalue weighted by Crippen LogP contribution is 2.35. The van der Waals surface area contributed by atoms with Crippen molar-refractivity contribution in [1.29, 1.82) is 0 Å². The summed E-state index contributed by atoms with van der Waals surface area (Å²) in [4.78, 5) is 18.4. The summed E-state index contributed by atoms with van der Waals surface area (Å²) >= 11 is 3.41. The van der Waals surface area contributed by atoms with Crippen LogP contribution in [0.2, 0.25) is 0 Å². The maximum Gasteiger partial charge on any atom is 0.304 e. The highest BCUT2D eigenvalue weighted by Gasteiger charge is 2.23. The molecule has 1 aromatic heterocycles. The first kappa shape index (κ1) is 14.6.